The number of ether oxygens (including phenoxy) is 2. The Kier molecular flexibility index (Phi) is 6.46. The minimum atomic E-state index is -3.94. The fourth-order valence-corrected chi connectivity index (χ4v) is 4.70. The SMILES string of the molecule is Cc1ccc(S(=O)(=O)N2[C@@H](CO)CO[C@H]2CC(=O)OCc2ccccc2)cc1. The minimum absolute atomic E-state index is 0.0121. The molecule has 7 nitrogen and oxygen atoms in total. The van der Waals surface area contributed by atoms with Crippen molar-refractivity contribution in [2.45, 2.75) is 37.1 Å². The van der Waals surface area contributed by atoms with Gasteiger partial charge in [0.2, 0.25) is 10.0 Å². The first-order valence-electron chi connectivity index (χ1n) is 8.94. The Balaban J connectivity index is 1.72. The molecule has 3 rings (SSSR count). The molecule has 0 spiro atoms. The fourth-order valence-electron chi connectivity index (χ4n) is 3.01. The fraction of sp³-hybridized carbons (Fsp3) is 0.350. The van der Waals surface area contributed by atoms with E-state index >= 15 is 0 Å². The lowest BCUT2D eigenvalue weighted by Gasteiger charge is -2.26. The monoisotopic (exact) mass is 405 g/mol. The molecule has 0 aliphatic carbocycles. The minimum Gasteiger partial charge on any atom is -0.461 e. The summed E-state index contributed by atoms with van der Waals surface area (Å²) < 4.78 is 38.0. The molecule has 0 saturated carbocycles. The first-order chi connectivity index (χ1) is 13.4. The van der Waals surface area contributed by atoms with Gasteiger partial charge in [-0.05, 0) is 24.6 Å². The Bertz CT molecular complexity index is 898. The third-order valence-corrected chi connectivity index (χ3v) is 6.47. The zero-order chi connectivity index (χ0) is 20.1. The Morgan fingerprint density at radius 3 is 2.50 bits per heavy atom. The number of nitrogens with zero attached hydrogens (tertiary/aromatic N) is 1. The van der Waals surface area contributed by atoms with E-state index in [0.29, 0.717) is 0 Å². The number of esters is 1. The number of hydrogen-bond donors (Lipinski definition) is 1. The van der Waals surface area contributed by atoms with Crippen LogP contribution in [0.2, 0.25) is 0 Å². The first-order valence-corrected chi connectivity index (χ1v) is 10.4. The maximum atomic E-state index is 13.1. The average molecular weight is 405 g/mol. The molecular formula is C20H23NO6S. The molecule has 2 atom stereocenters. The van der Waals surface area contributed by atoms with Crippen LogP contribution in [0.15, 0.2) is 59.5 Å². The van der Waals surface area contributed by atoms with Crippen molar-refractivity contribution in [1.82, 2.24) is 4.31 Å². The van der Waals surface area contributed by atoms with E-state index in [-0.39, 0.29) is 24.5 Å². The van der Waals surface area contributed by atoms with Crippen LogP contribution in [0.5, 0.6) is 0 Å². The molecule has 8 heteroatoms. The third-order valence-electron chi connectivity index (χ3n) is 4.52. The van der Waals surface area contributed by atoms with Crippen molar-refractivity contribution < 1.29 is 27.8 Å². The quantitative estimate of drug-likeness (QED) is 0.707. The third kappa shape index (κ3) is 4.59. The van der Waals surface area contributed by atoms with Gasteiger partial charge in [-0.2, -0.15) is 4.31 Å². The van der Waals surface area contributed by atoms with Crippen LogP contribution in [0.4, 0.5) is 0 Å². The predicted octanol–water partition coefficient (Wildman–Crippen LogP) is 1.84. The maximum Gasteiger partial charge on any atom is 0.310 e. The molecule has 150 valence electrons. The smallest absolute Gasteiger partial charge is 0.310 e. The lowest BCUT2D eigenvalue weighted by molar-refractivity contribution is -0.148. The number of aliphatic hydroxyl groups excluding tert-OH is 1. The van der Waals surface area contributed by atoms with Crippen molar-refractivity contribution >= 4 is 16.0 Å². The van der Waals surface area contributed by atoms with Gasteiger partial charge in [-0.25, -0.2) is 8.42 Å². The van der Waals surface area contributed by atoms with E-state index in [4.69, 9.17) is 9.47 Å². The summed E-state index contributed by atoms with van der Waals surface area (Å²) in [7, 11) is -3.94. The maximum absolute atomic E-state index is 13.1. The standard InChI is InChI=1S/C20H23NO6S/c1-15-7-9-18(10-8-15)28(24,25)21-17(12-22)14-26-19(21)11-20(23)27-13-16-5-3-2-4-6-16/h2-10,17,19,22H,11-14H2,1H3/t17-,19-/m0/s1. The summed E-state index contributed by atoms with van der Waals surface area (Å²) in [6.45, 7) is 1.57. The lowest BCUT2D eigenvalue weighted by Crippen LogP contribution is -2.44. The molecule has 1 fully saturated rings. The molecule has 0 unspecified atom stereocenters. The van der Waals surface area contributed by atoms with Gasteiger partial charge >= 0.3 is 5.97 Å². The molecule has 28 heavy (non-hydrogen) atoms. The molecule has 1 saturated heterocycles. The second-order valence-electron chi connectivity index (χ2n) is 6.62. The number of aryl methyl sites for hydroxylation is 1. The average Bonchev–Trinajstić information content (AvgIpc) is 3.11. The summed E-state index contributed by atoms with van der Waals surface area (Å²) in [4.78, 5) is 12.3. The van der Waals surface area contributed by atoms with E-state index in [9.17, 15) is 18.3 Å². The Morgan fingerprint density at radius 2 is 1.86 bits per heavy atom. The largest absolute Gasteiger partial charge is 0.461 e. The molecule has 2 aromatic rings. The van der Waals surface area contributed by atoms with E-state index in [1.807, 2.05) is 37.3 Å². The molecule has 1 aliphatic heterocycles. The second-order valence-corrected chi connectivity index (χ2v) is 8.47. The molecule has 1 N–H and O–H groups in total. The summed E-state index contributed by atoms with van der Waals surface area (Å²) >= 11 is 0. The predicted molar refractivity (Wildman–Crippen MR) is 102 cm³/mol. The van der Waals surface area contributed by atoms with Crippen LogP contribution in [0.3, 0.4) is 0 Å². The zero-order valence-corrected chi connectivity index (χ0v) is 16.3. The second kappa shape index (κ2) is 8.83. The van der Waals surface area contributed by atoms with E-state index in [0.717, 1.165) is 15.4 Å². The lowest BCUT2D eigenvalue weighted by atomic mass is 10.2. The van der Waals surface area contributed by atoms with Gasteiger partial charge in [-0.3, -0.25) is 4.79 Å². The molecule has 0 aromatic heterocycles. The Morgan fingerprint density at radius 1 is 1.18 bits per heavy atom. The highest BCUT2D eigenvalue weighted by molar-refractivity contribution is 7.89. The highest BCUT2D eigenvalue weighted by atomic mass is 32.2. The van der Waals surface area contributed by atoms with Gasteiger partial charge in [0, 0.05) is 0 Å². The van der Waals surface area contributed by atoms with Gasteiger partial charge in [0.1, 0.15) is 12.8 Å². The van der Waals surface area contributed by atoms with Gasteiger partial charge in [-0.1, -0.05) is 48.0 Å². The van der Waals surface area contributed by atoms with Crippen LogP contribution in [0, 0.1) is 6.92 Å². The summed E-state index contributed by atoms with van der Waals surface area (Å²) in [6, 6.07) is 14.8. The van der Waals surface area contributed by atoms with E-state index < -0.39 is 34.9 Å². The van der Waals surface area contributed by atoms with Gasteiger partial charge < -0.3 is 14.6 Å². The van der Waals surface area contributed by atoms with Crippen molar-refractivity contribution in [3.8, 4) is 0 Å². The van der Waals surface area contributed by atoms with Crippen molar-refractivity contribution in [1.29, 1.82) is 0 Å². The van der Waals surface area contributed by atoms with Crippen molar-refractivity contribution in [2.24, 2.45) is 0 Å². The Hall–Kier alpha value is -2.26. The van der Waals surface area contributed by atoms with Gasteiger partial charge in [0.25, 0.3) is 0 Å². The van der Waals surface area contributed by atoms with Crippen molar-refractivity contribution in [3.63, 3.8) is 0 Å². The Labute approximate surface area is 164 Å². The van der Waals surface area contributed by atoms with Crippen LogP contribution < -0.4 is 0 Å². The number of hydrogen-bond acceptors (Lipinski definition) is 6. The van der Waals surface area contributed by atoms with Crippen LogP contribution in [-0.2, 0) is 30.9 Å². The topological polar surface area (TPSA) is 93.1 Å². The number of benzene rings is 2. The molecule has 0 radical (unpaired) electrons. The van der Waals surface area contributed by atoms with Gasteiger partial charge in [-0.15, -0.1) is 0 Å². The molecule has 1 aliphatic rings. The normalized spacial score (nSPS) is 20.2. The van der Waals surface area contributed by atoms with Gasteiger partial charge in [0.05, 0.1) is 30.6 Å². The van der Waals surface area contributed by atoms with Crippen LogP contribution in [-0.4, -0.2) is 49.3 Å². The number of sulfonamides is 1. The molecule has 0 bridgehead atoms. The highest BCUT2D eigenvalue weighted by Crippen LogP contribution is 2.28. The van der Waals surface area contributed by atoms with Gasteiger partial charge in [0.15, 0.2) is 0 Å². The number of aliphatic hydroxyl groups is 1. The van der Waals surface area contributed by atoms with E-state index in [1.165, 1.54) is 12.1 Å². The summed E-state index contributed by atoms with van der Waals surface area (Å²) in [6.07, 6.45) is -1.28. The summed E-state index contributed by atoms with van der Waals surface area (Å²) in [5, 5.41) is 9.59. The first kappa shape index (κ1) is 20.5. The van der Waals surface area contributed by atoms with Crippen LogP contribution >= 0.6 is 0 Å². The highest BCUT2D eigenvalue weighted by Gasteiger charge is 2.44. The molecule has 2 aromatic carbocycles. The van der Waals surface area contributed by atoms with Crippen LogP contribution in [0.25, 0.3) is 0 Å². The number of carbonyl (C=O) groups is 1. The van der Waals surface area contributed by atoms with Crippen molar-refractivity contribution in [3.05, 3.63) is 65.7 Å². The molecule has 1 heterocycles. The number of rotatable bonds is 7. The summed E-state index contributed by atoms with van der Waals surface area (Å²) in [5.41, 5.74) is 1.76. The number of carbonyl (C=O) groups excluding carboxylic acids is 1. The van der Waals surface area contributed by atoms with E-state index in [1.54, 1.807) is 12.1 Å². The molecular weight excluding hydrogens is 382 g/mol. The van der Waals surface area contributed by atoms with Crippen LogP contribution in [0.1, 0.15) is 17.5 Å². The summed E-state index contributed by atoms with van der Waals surface area (Å²) in [5.74, 6) is -0.573. The molecule has 0 amide bonds. The van der Waals surface area contributed by atoms with Crippen molar-refractivity contribution in [2.75, 3.05) is 13.2 Å². The zero-order valence-electron chi connectivity index (χ0n) is 15.5. The van der Waals surface area contributed by atoms with E-state index in [2.05, 4.69) is 0 Å².